The summed E-state index contributed by atoms with van der Waals surface area (Å²) in [6.07, 6.45) is 6.02. The zero-order valence-electron chi connectivity index (χ0n) is 9.99. The molecule has 2 unspecified atom stereocenters. The number of hydrogen-bond acceptors (Lipinski definition) is 1. The van der Waals surface area contributed by atoms with Gasteiger partial charge in [-0.25, -0.2) is 0 Å². The molecule has 0 saturated heterocycles. The van der Waals surface area contributed by atoms with Gasteiger partial charge in [0.15, 0.2) is 0 Å². The first-order valence-corrected chi connectivity index (χ1v) is 5.85. The largest absolute Gasteiger partial charge is 0.381 e. The zero-order chi connectivity index (χ0) is 10.6. The van der Waals surface area contributed by atoms with Gasteiger partial charge < -0.3 is 4.74 Å². The molecule has 82 valence electrons. The van der Waals surface area contributed by atoms with Crippen molar-refractivity contribution in [1.29, 1.82) is 0 Å². The van der Waals surface area contributed by atoms with E-state index in [0.717, 1.165) is 25.0 Å². The Balaban J connectivity index is 2.03. The van der Waals surface area contributed by atoms with E-state index in [9.17, 15) is 0 Å². The van der Waals surface area contributed by atoms with E-state index in [-0.39, 0.29) is 0 Å². The van der Waals surface area contributed by atoms with Crippen LogP contribution in [0.15, 0.2) is 12.2 Å². The maximum absolute atomic E-state index is 5.62. The lowest BCUT2D eigenvalue weighted by molar-refractivity contribution is 0.0994. The number of ether oxygens (including phenoxy) is 1. The van der Waals surface area contributed by atoms with Gasteiger partial charge in [0.2, 0.25) is 0 Å². The Kier molecular flexibility index (Phi) is 4.67. The van der Waals surface area contributed by atoms with E-state index in [1.165, 1.54) is 6.42 Å². The average Bonchev–Trinajstić information content (AvgIpc) is 2.79. The molecule has 1 saturated carbocycles. The molecule has 0 aromatic carbocycles. The van der Waals surface area contributed by atoms with Crippen LogP contribution >= 0.6 is 0 Å². The van der Waals surface area contributed by atoms with Gasteiger partial charge in [0.05, 0.1) is 0 Å². The van der Waals surface area contributed by atoms with Gasteiger partial charge in [-0.2, -0.15) is 0 Å². The molecule has 0 spiro atoms. The van der Waals surface area contributed by atoms with Crippen LogP contribution in [0.25, 0.3) is 0 Å². The fourth-order valence-corrected chi connectivity index (χ4v) is 1.52. The number of allylic oxidation sites excluding steroid dienone is 2. The summed E-state index contributed by atoms with van der Waals surface area (Å²) in [7, 11) is 0. The second-order valence-corrected chi connectivity index (χ2v) is 5.22. The molecule has 1 aliphatic rings. The number of hydrogen-bond donors (Lipinski definition) is 0. The molecule has 0 radical (unpaired) electrons. The third-order valence-corrected chi connectivity index (χ3v) is 2.50. The van der Waals surface area contributed by atoms with Crippen LogP contribution < -0.4 is 0 Å². The molecule has 2 atom stereocenters. The number of rotatable bonds is 6. The summed E-state index contributed by atoms with van der Waals surface area (Å²) in [6.45, 7) is 10.7. The molecular formula is C13H24O. The maximum atomic E-state index is 5.62. The molecule has 0 amide bonds. The van der Waals surface area contributed by atoms with Crippen LogP contribution in [0.5, 0.6) is 0 Å². The smallest absolute Gasteiger partial charge is 0.0500 e. The molecule has 1 aliphatic carbocycles. The molecule has 0 aliphatic heterocycles. The van der Waals surface area contributed by atoms with Gasteiger partial charge in [-0.3, -0.25) is 0 Å². The quantitative estimate of drug-likeness (QED) is 0.591. The van der Waals surface area contributed by atoms with E-state index < -0.39 is 0 Å². The Labute approximate surface area is 88.5 Å². The lowest BCUT2D eigenvalue weighted by atomic mass is 10.2. The van der Waals surface area contributed by atoms with Gasteiger partial charge in [0.1, 0.15) is 0 Å². The predicted molar refractivity (Wildman–Crippen MR) is 61.2 cm³/mol. The van der Waals surface area contributed by atoms with Crippen molar-refractivity contribution >= 4 is 0 Å². The van der Waals surface area contributed by atoms with Gasteiger partial charge >= 0.3 is 0 Å². The molecule has 14 heavy (non-hydrogen) atoms. The highest BCUT2D eigenvalue weighted by Gasteiger charge is 2.34. The van der Waals surface area contributed by atoms with Crippen molar-refractivity contribution in [2.24, 2.45) is 23.7 Å². The lowest BCUT2D eigenvalue weighted by Gasteiger charge is -2.05. The second-order valence-electron chi connectivity index (χ2n) is 5.22. The molecule has 1 heteroatoms. The van der Waals surface area contributed by atoms with Gasteiger partial charge in [-0.05, 0) is 30.1 Å². The van der Waals surface area contributed by atoms with E-state index in [1.54, 1.807) is 0 Å². The Hall–Kier alpha value is -0.300. The third-order valence-electron chi connectivity index (χ3n) is 2.50. The highest BCUT2D eigenvalue weighted by Crippen LogP contribution is 2.40. The van der Waals surface area contributed by atoms with E-state index in [4.69, 9.17) is 4.74 Å². The maximum Gasteiger partial charge on any atom is 0.0500 e. The first-order chi connectivity index (χ1) is 6.59. The second kappa shape index (κ2) is 5.55. The molecular weight excluding hydrogens is 172 g/mol. The molecule has 0 aromatic heterocycles. The molecule has 0 heterocycles. The summed E-state index contributed by atoms with van der Waals surface area (Å²) in [6, 6.07) is 0. The first kappa shape index (κ1) is 11.8. The standard InChI is InChI=1S/C13H24O/c1-10(2)5-6-12-7-13(12)9-14-8-11(3)4/h5-6,10-13H,7-9H2,1-4H3/b6-5+. The summed E-state index contributed by atoms with van der Waals surface area (Å²) >= 11 is 0. The first-order valence-electron chi connectivity index (χ1n) is 5.85. The van der Waals surface area contributed by atoms with Crippen LogP contribution in [0.1, 0.15) is 34.1 Å². The van der Waals surface area contributed by atoms with Crippen molar-refractivity contribution in [3.63, 3.8) is 0 Å². The van der Waals surface area contributed by atoms with Crippen LogP contribution in [0.4, 0.5) is 0 Å². The van der Waals surface area contributed by atoms with Crippen molar-refractivity contribution in [3.05, 3.63) is 12.2 Å². The van der Waals surface area contributed by atoms with E-state index >= 15 is 0 Å². The van der Waals surface area contributed by atoms with Crippen molar-refractivity contribution in [2.75, 3.05) is 13.2 Å². The lowest BCUT2D eigenvalue weighted by Crippen LogP contribution is -2.04. The molecule has 0 aromatic rings. The molecule has 1 fully saturated rings. The molecule has 0 N–H and O–H groups in total. The van der Waals surface area contributed by atoms with Gasteiger partial charge in [0.25, 0.3) is 0 Å². The molecule has 0 bridgehead atoms. The van der Waals surface area contributed by atoms with Gasteiger partial charge in [0, 0.05) is 13.2 Å². The predicted octanol–water partition coefficient (Wildman–Crippen LogP) is 3.51. The normalized spacial score (nSPS) is 26.7. The highest BCUT2D eigenvalue weighted by atomic mass is 16.5. The zero-order valence-corrected chi connectivity index (χ0v) is 9.99. The monoisotopic (exact) mass is 196 g/mol. The van der Waals surface area contributed by atoms with E-state index in [2.05, 4.69) is 39.8 Å². The van der Waals surface area contributed by atoms with Gasteiger partial charge in [-0.15, -0.1) is 0 Å². The molecule has 1 nitrogen and oxygen atoms in total. The van der Waals surface area contributed by atoms with Crippen LogP contribution in [0.3, 0.4) is 0 Å². The minimum atomic E-state index is 0.665. The van der Waals surface area contributed by atoms with E-state index in [1.807, 2.05) is 0 Å². The van der Waals surface area contributed by atoms with Crippen molar-refractivity contribution in [3.8, 4) is 0 Å². The van der Waals surface area contributed by atoms with Crippen LogP contribution in [-0.2, 0) is 4.74 Å². The van der Waals surface area contributed by atoms with Crippen molar-refractivity contribution in [1.82, 2.24) is 0 Å². The van der Waals surface area contributed by atoms with Crippen LogP contribution in [0.2, 0.25) is 0 Å². The van der Waals surface area contributed by atoms with Crippen molar-refractivity contribution < 1.29 is 4.74 Å². The van der Waals surface area contributed by atoms with Crippen LogP contribution in [0, 0.1) is 23.7 Å². The Bertz CT molecular complexity index is 182. The summed E-state index contributed by atoms with van der Waals surface area (Å²) in [5, 5.41) is 0. The topological polar surface area (TPSA) is 9.23 Å². The summed E-state index contributed by atoms with van der Waals surface area (Å²) in [4.78, 5) is 0. The SMILES string of the molecule is CC(C)/C=C/C1CC1COCC(C)C. The van der Waals surface area contributed by atoms with E-state index in [0.29, 0.717) is 11.8 Å². The summed E-state index contributed by atoms with van der Waals surface area (Å²) in [5.74, 6) is 2.97. The van der Waals surface area contributed by atoms with Crippen LogP contribution in [-0.4, -0.2) is 13.2 Å². The van der Waals surface area contributed by atoms with Crippen molar-refractivity contribution in [2.45, 2.75) is 34.1 Å². The minimum Gasteiger partial charge on any atom is -0.381 e. The Morgan fingerprint density at radius 1 is 1.29 bits per heavy atom. The Morgan fingerprint density at radius 3 is 2.57 bits per heavy atom. The summed E-state index contributed by atoms with van der Waals surface area (Å²) in [5.41, 5.74) is 0. The highest BCUT2D eigenvalue weighted by molar-refractivity contribution is 5.02. The Morgan fingerprint density at radius 2 is 2.00 bits per heavy atom. The minimum absolute atomic E-state index is 0.665. The summed E-state index contributed by atoms with van der Waals surface area (Å²) < 4.78 is 5.62. The third kappa shape index (κ3) is 4.80. The molecule has 1 rings (SSSR count). The average molecular weight is 196 g/mol. The van der Waals surface area contributed by atoms with Gasteiger partial charge in [-0.1, -0.05) is 39.8 Å². The fourth-order valence-electron chi connectivity index (χ4n) is 1.52. The fraction of sp³-hybridized carbons (Fsp3) is 0.846.